The first-order chi connectivity index (χ1) is 7.60. The Labute approximate surface area is 96.6 Å². The van der Waals surface area contributed by atoms with Crippen LogP contribution in [-0.2, 0) is 9.59 Å². The molecule has 0 saturated carbocycles. The van der Waals surface area contributed by atoms with Crippen molar-refractivity contribution in [1.82, 2.24) is 9.80 Å². The zero-order chi connectivity index (χ0) is 12.1. The standard InChI is InChI=1S/C11H21N3O2/c1-3-4-13-5-6-14(8-9(2)7-12)11(16)10(13)15/h9H,3-8,12H2,1-2H3. The van der Waals surface area contributed by atoms with Crippen LogP contribution >= 0.6 is 0 Å². The van der Waals surface area contributed by atoms with E-state index in [-0.39, 0.29) is 17.7 Å². The monoisotopic (exact) mass is 227 g/mol. The van der Waals surface area contributed by atoms with Gasteiger partial charge in [0.15, 0.2) is 0 Å². The third-order valence-corrected chi connectivity index (χ3v) is 2.83. The van der Waals surface area contributed by atoms with Gasteiger partial charge in [-0.05, 0) is 18.9 Å². The van der Waals surface area contributed by atoms with Gasteiger partial charge in [-0.1, -0.05) is 13.8 Å². The molecule has 16 heavy (non-hydrogen) atoms. The van der Waals surface area contributed by atoms with E-state index < -0.39 is 0 Å². The molecule has 1 heterocycles. The largest absolute Gasteiger partial charge is 0.333 e. The second-order valence-electron chi connectivity index (χ2n) is 4.38. The van der Waals surface area contributed by atoms with Gasteiger partial charge in [-0.2, -0.15) is 0 Å². The van der Waals surface area contributed by atoms with Gasteiger partial charge in [0.25, 0.3) is 0 Å². The highest BCUT2D eigenvalue weighted by Crippen LogP contribution is 2.08. The summed E-state index contributed by atoms with van der Waals surface area (Å²) in [5.74, 6) is -0.494. The van der Waals surface area contributed by atoms with Gasteiger partial charge in [-0.15, -0.1) is 0 Å². The van der Waals surface area contributed by atoms with Crippen molar-refractivity contribution < 1.29 is 9.59 Å². The quantitative estimate of drug-likeness (QED) is 0.654. The molecular weight excluding hydrogens is 206 g/mol. The molecule has 92 valence electrons. The van der Waals surface area contributed by atoms with Gasteiger partial charge >= 0.3 is 11.8 Å². The lowest BCUT2D eigenvalue weighted by Crippen LogP contribution is -2.55. The highest BCUT2D eigenvalue weighted by atomic mass is 16.2. The molecular formula is C11H21N3O2. The molecule has 1 unspecified atom stereocenters. The second kappa shape index (κ2) is 5.84. The lowest BCUT2D eigenvalue weighted by Gasteiger charge is -2.34. The number of amides is 2. The van der Waals surface area contributed by atoms with Crippen molar-refractivity contribution >= 4 is 11.8 Å². The van der Waals surface area contributed by atoms with Crippen molar-refractivity contribution in [1.29, 1.82) is 0 Å². The third-order valence-electron chi connectivity index (χ3n) is 2.83. The van der Waals surface area contributed by atoms with E-state index in [2.05, 4.69) is 0 Å². The predicted octanol–water partition coefficient (Wildman–Crippen LogP) is -0.338. The molecule has 0 radical (unpaired) electrons. The fourth-order valence-electron chi connectivity index (χ4n) is 1.82. The number of nitrogens with zero attached hydrogens (tertiary/aromatic N) is 2. The topological polar surface area (TPSA) is 66.6 Å². The maximum Gasteiger partial charge on any atom is 0.312 e. The molecule has 2 amide bonds. The van der Waals surface area contributed by atoms with Crippen LogP contribution in [0.15, 0.2) is 0 Å². The van der Waals surface area contributed by atoms with Crippen LogP contribution in [-0.4, -0.2) is 54.3 Å². The Kier molecular flexibility index (Phi) is 4.73. The average Bonchev–Trinajstić information content (AvgIpc) is 2.28. The van der Waals surface area contributed by atoms with Crippen LogP contribution in [0.25, 0.3) is 0 Å². The molecule has 0 aromatic carbocycles. The van der Waals surface area contributed by atoms with Gasteiger partial charge < -0.3 is 15.5 Å². The Morgan fingerprint density at radius 2 is 1.81 bits per heavy atom. The van der Waals surface area contributed by atoms with Crippen molar-refractivity contribution in [2.45, 2.75) is 20.3 Å². The first-order valence-corrected chi connectivity index (χ1v) is 5.88. The smallest absolute Gasteiger partial charge is 0.312 e. The number of piperazine rings is 1. The predicted molar refractivity (Wildman–Crippen MR) is 61.7 cm³/mol. The second-order valence-corrected chi connectivity index (χ2v) is 4.38. The SMILES string of the molecule is CCCN1CCN(CC(C)CN)C(=O)C1=O. The summed E-state index contributed by atoms with van der Waals surface area (Å²) in [5, 5.41) is 0. The molecule has 1 saturated heterocycles. The summed E-state index contributed by atoms with van der Waals surface area (Å²) in [6.07, 6.45) is 0.887. The Morgan fingerprint density at radius 3 is 2.38 bits per heavy atom. The van der Waals surface area contributed by atoms with Crippen LogP contribution in [0.3, 0.4) is 0 Å². The van der Waals surface area contributed by atoms with Gasteiger partial charge in [0.2, 0.25) is 0 Å². The lowest BCUT2D eigenvalue weighted by molar-refractivity contribution is -0.156. The summed E-state index contributed by atoms with van der Waals surface area (Å²) in [4.78, 5) is 26.7. The normalized spacial score (nSPS) is 19.2. The Balaban J connectivity index is 2.54. The van der Waals surface area contributed by atoms with Crippen LogP contribution < -0.4 is 5.73 Å². The minimum absolute atomic E-state index is 0.245. The van der Waals surface area contributed by atoms with E-state index in [1.165, 1.54) is 0 Å². The molecule has 0 aromatic heterocycles. The van der Waals surface area contributed by atoms with Gasteiger partial charge in [-0.3, -0.25) is 9.59 Å². The minimum atomic E-state index is -0.375. The van der Waals surface area contributed by atoms with Gasteiger partial charge in [0, 0.05) is 26.2 Å². The molecule has 1 fully saturated rings. The number of hydrogen-bond donors (Lipinski definition) is 1. The van der Waals surface area contributed by atoms with Gasteiger partial charge in [-0.25, -0.2) is 0 Å². The number of carbonyl (C=O) groups excluding carboxylic acids is 2. The van der Waals surface area contributed by atoms with Gasteiger partial charge in [0.05, 0.1) is 0 Å². The Bertz CT molecular complexity index is 268. The minimum Gasteiger partial charge on any atom is -0.333 e. The van der Waals surface area contributed by atoms with Crippen LogP contribution in [0.4, 0.5) is 0 Å². The van der Waals surface area contributed by atoms with Crippen LogP contribution in [0.5, 0.6) is 0 Å². The van der Waals surface area contributed by atoms with E-state index in [1.54, 1.807) is 9.80 Å². The highest BCUT2D eigenvalue weighted by Gasteiger charge is 2.32. The fourth-order valence-corrected chi connectivity index (χ4v) is 1.82. The van der Waals surface area contributed by atoms with Crippen molar-refractivity contribution in [3.05, 3.63) is 0 Å². The van der Waals surface area contributed by atoms with E-state index in [4.69, 9.17) is 5.73 Å². The number of nitrogens with two attached hydrogens (primary N) is 1. The maximum absolute atomic E-state index is 11.8. The Hall–Kier alpha value is -1.10. The molecule has 0 aromatic rings. The van der Waals surface area contributed by atoms with E-state index in [0.717, 1.165) is 6.42 Å². The molecule has 0 aliphatic carbocycles. The summed E-state index contributed by atoms with van der Waals surface area (Å²) >= 11 is 0. The summed E-state index contributed by atoms with van der Waals surface area (Å²) in [7, 11) is 0. The molecule has 5 nitrogen and oxygen atoms in total. The van der Waals surface area contributed by atoms with Crippen molar-refractivity contribution in [2.75, 3.05) is 32.7 Å². The number of rotatable bonds is 5. The van der Waals surface area contributed by atoms with E-state index in [9.17, 15) is 9.59 Å². The van der Waals surface area contributed by atoms with Gasteiger partial charge in [0.1, 0.15) is 0 Å². The maximum atomic E-state index is 11.8. The first-order valence-electron chi connectivity index (χ1n) is 5.88. The molecule has 0 bridgehead atoms. The highest BCUT2D eigenvalue weighted by molar-refractivity contribution is 6.35. The van der Waals surface area contributed by atoms with Crippen LogP contribution in [0, 0.1) is 5.92 Å². The third kappa shape index (κ3) is 2.95. The Morgan fingerprint density at radius 1 is 1.25 bits per heavy atom. The van der Waals surface area contributed by atoms with E-state index in [1.807, 2.05) is 13.8 Å². The molecule has 1 aliphatic heterocycles. The number of carbonyl (C=O) groups is 2. The van der Waals surface area contributed by atoms with Crippen LogP contribution in [0.1, 0.15) is 20.3 Å². The molecule has 1 rings (SSSR count). The summed E-state index contributed by atoms with van der Waals surface area (Å²) in [6.45, 7) is 7.06. The lowest BCUT2D eigenvalue weighted by atomic mass is 10.1. The zero-order valence-corrected chi connectivity index (χ0v) is 10.1. The molecule has 2 N–H and O–H groups in total. The number of hydrogen-bond acceptors (Lipinski definition) is 3. The molecule has 0 spiro atoms. The first kappa shape index (κ1) is 13.0. The fraction of sp³-hybridized carbons (Fsp3) is 0.818. The molecule has 1 atom stereocenters. The van der Waals surface area contributed by atoms with Crippen molar-refractivity contribution in [3.8, 4) is 0 Å². The van der Waals surface area contributed by atoms with Crippen molar-refractivity contribution in [2.24, 2.45) is 11.7 Å². The summed E-state index contributed by atoms with van der Waals surface area (Å²) < 4.78 is 0. The molecule has 1 aliphatic rings. The average molecular weight is 227 g/mol. The zero-order valence-electron chi connectivity index (χ0n) is 10.1. The van der Waals surface area contributed by atoms with Crippen molar-refractivity contribution in [3.63, 3.8) is 0 Å². The summed E-state index contributed by atoms with van der Waals surface area (Å²) in [6, 6.07) is 0. The van der Waals surface area contributed by atoms with E-state index >= 15 is 0 Å². The van der Waals surface area contributed by atoms with Crippen LogP contribution in [0.2, 0.25) is 0 Å². The van der Waals surface area contributed by atoms with E-state index in [0.29, 0.717) is 32.7 Å². The summed E-state index contributed by atoms with van der Waals surface area (Å²) in [5.41, 5.74) is 5.51. The molecule has 5 heteroatoms.